The van der Waals surface area contributed by atoms with Crippen molar-refractivity contribution in [1.29, 1.82) is 5.26 Å². The van der Waals surface area contributed by atoms with Crippen LogP contribution in [0.4, 0.5) is 14.6 Å². The van der Waals surface area contributed by atoms with Crippen molar-refractivity contribution >= 4 is 5.82 Å². The minimum Gasteiger partial charge on any atom is -0.363 e. The maximum Gasteiger partial charge on any atom is 0.276 e. The molecule has 0 unspecified atom stereocenters. The Balaban J connectivity index is 2.95. The lowest BCUT2D eigenvalue weighted by atomic mass is 10.1. The van der Waals surface area contributed by atoms with E-state index in [1.54, 1.807) is 19.9 Å². The lowest BCUT2D eigenvalue weighted by molar-refractivity contribution is 0.0253. The van der Waals surface area contributed by atoms with Gasteiger partial charge in [-0.05, 0) is 25.5 Å². The average molecular weight is 240 g/mol. The summed E-state index contributed by atoms with van der Waals surface area (Å²) in [6, 6.07) is 3.67. The SMILES string of the molecule is Cc1cc(C)c(C#N)c(NCC(F)(F)CN)n1. The van der Waals surface area contributed by atoms with Gasteiger partial charge in [0, 0.05) is 5.69 Å². The standard InChI is InChI=1S/C11H14F2N4/c1-7-3-8(2)17-10(9(7)4-14)16-6-11(12,13)5-15/h3H,5-6,15H2,1-2H3,(H,16,17). The zero-order chi connectivity index (χ0) is 13.1. The number of aryl methyl sites for hydroxylation is 2. The van der Waals surface area contributed by atoms with E-state index < -0.39 is 19.0 Å². The molecular weight excluding hydrogens is 226 g/mol. The highest BCUT2D eigenvalue weighted by Gasteiger charge is 2.27. The minimum absolute atomic E-state index is 0.179. The number of anilines is 1. The van der Waals surface area contributed by atoms with E-state index in [-0.39, 0.29) is 11.4 Å². The van der Waals surface area contributed by atoms with Crippen LogP contribution in [0.5, 0.6) is 0 Å². The summed E-state index contributed by atoms with van der Waals surface area (Å²) in [4.78, 5) is 4.03. The largest absolute Gasteiger partial charge is 0.363 e. The molecule has 6 heteroatoms. The number of nitriles is 1. The van der Waals surface area contributed by atoms with Crippen molar-refractivity contribution in [2.75, 3.05) is 18.4 Å². The van der Waals surface area contributed by atoms with E-state index in [1.807, 2.05) is 6.07 Å². The summed E-state index contributed by atoms with van der Waals surface area (Å²) in [5, 5.41) is 11.4. The molecule has 1 aromatic rings. The molecule has 1 heterocycles. The quantitative estimate of drug-likeness (QED) is 0.837. The first-order valence-corrected chi connectivity index (χ1v) is 5.10. The van der Waals surface area contributed by atoms with E-state index in [4.69, 9.17) is 11.0 Å². The van der Waals surface area contributed by atoms with E-state index >= 15 is 0 Å². The van der Waals surface area contributed by atoms with Gasteiger partial charge in [0.25, 0.3) is 5.92 Å². The Hall–Kier alpha value is -1.74. The number of aromatic nitrogens is 1. The van der Waals surface area contributed by atoms with Crippen molar-refractivity contribution in [3.8, 4) is 6.07 Å². The van der Waals surface area contributed by atoms with E-state index in [2.05, 4.69) is 10.3 Å². The van der Waals surface area contributed by atoms with Crippen molar-refractivity contribution < 1.29 is 8.78 Å². The third kappa shape index (κ3) is 3.36. The maximum absolute atomic E-state index is 13.0. The van der Waals surface area contributed by atoms with Crippen LogP contribution in [0.15, 0.2) is 6.07 Å². The molecule has 92 valence electrons. The van der Waals surface area contributed by atoms with Gasteiger partial charge in [0.15, 0.2) is 0 Å². The zero-order valence-corrected chi connectivity index (χ0v) is 9.72. The van der Waals surface area contributed by atoms with Gasteiger partial charge < -0.3 is 11.1 Å². The number of nitrogens with two attached hydrogens (primary N) is 1. The first-order chi connectivity index (χ1) is 7.89. The lowest BCUT2D eigenvalue weighted by Gasteiger charge is -2.16. The van der Waals surface area contributed by atoms with Crippen LogP contribution in [0.3, 0.4) is 0 Å². The molecule has 0 radical (unpaired) electrons. The molecule has 0 fully saturated rings. The van der Waals surface area contributed by atoms with Gasteiger partial charge in [-0.25, -0.2) is 13.8 Å². The van der Waals surface area contributed by atoms with Crippen LogP contribution in [0.2, 0.25) is 0 Å². The Morgan fingerprint density at radius 1 is 1.53 bits per heavy atom. The molecule has 0 atom stereocenters. The van der Waals surface area contributed by atoms with Gasteiger partial charge in [-0.3, -0.25) is 0 Å². The number of nitrogens with one attached hydrogen (secondary N) is 1. The summed E-state index contributed by atoms with van der Waals surface area (Å²) in [6.07, 6.45) is 0. The molecule has 0 bridgehead atoms. The van der Waals surface area contributed by atoms with Crippen LogP contribution >= 0.6 is 0 Å². The number of alkyl halides is 2. The van der Waals surface area contributed by atoms with E-state index in [0.717, 1.165) is 0 Å². The Morgan fingerprint density at radius 3 is 2.71 bits per heavy atom. The topological polar surface area (TPSA) is 74.7 Å². The third-order valence-electron chi connectivity index (χ3n) is 2.27. The summed E-state index contributed by atoms with van der Waals surface area (Å²) in [7, 11) is 0. The van der Waals surface area contributed by atoms with E-state index in [0.29, 0.717) is 11.3 Å². The maximum atomic E-state index is 13.0. The highest BCUT2D eigenvalue weighted by molar-refractivity contribution is 5.56. The molecular formula is C11H14F2N4. The summed E-state index contributed by atoms with van der Waals surface area (Å²) in [6.45, 7) is 2.10. The Morgan fingerprint density at radius 2 is 2.18 bits per heavy atom. The van der Waals surface area contributed by atoms with Gasteiger partial charge in [-0.15, -0.1) is 0 Å². The first-order valence-electron chi connectivity index (χ1n) is 5.10. The predicted octanol–water partition coefficient (Wildman–Crippen LogP) is 1.58. The number of halogens is 2. The molecule has 0 amide bonds. The summed E-state index contributed by atoms with van der Waals surface area (Å²) < 4.78 is 26.0. The van der Waals surface area contributed by atoms with Gasteiger partial charge in [0.1, 0.15) is 11.9 Å². The zero-order valence-electron chi connectivity index (χ0n) is 9.72. The van der Waals surface area contributed by atoms with Crippen molar-refractivity contribution in [3.63, 3.8) is 0 Å². The molecule has 0 aliphatic heterocycles. The van der Waals surface area contributed by atoms with Gasteiger partial charge in [-0.1, -0.05) is 0 Å². The van der Waals surface area contributed by atoms with Crippen LogP contribution in [-0.4, -0.2) is 24.0 Å². The normalized spacial score (nSPS) is 11.1. The smallest absolute Gasteiger partial charge is 0.276 e. The average Bonchev–Trinajstić information content (AvgIpc) is 2.26. The molecule has 0 aliphatic carbocycles. The number of hydrogen-bond donors (Lipinski definition) is 2. The molecule has 0 saturated carbocycles. The summed E-state index contributed by atoms with van der Waals surface area (Å²) in [5.74, 6) is -2.83. The van der Waals surface area contributed by atoms with Crippen LogP contribution < -0.4 is 11.1 Å². The van der Waals surface area contributed by atoms with Crippen molar-refractivity contribution in [2.45, 2.75) is 19.8 Å². The fourth-order valence-electron chi connectivity index (χ4n) is 1.39. The molecule has 17 heavy (non-hydrogen) atoms. The molecule has 4 nitrogen and oxygen atoms in total. The molecule has 0 spiro atoms. The Bertz CT molecular complexity index is 452. The summed E-state index contributed by atoms with van der Waals surface area (Å²) in [5.41, 5.74) is 6.58. The van der Waals surface area contributed by atoms with Crippen LogP contribution in [0, 0.1) is 25.2 Å². The number of rotatable bonds is 4. The second-order valence-electron chi connectivity index (χ2n) is 3.83. The molecule has 0 aliphatic rings. The molecule has 1 aromatic heterocycles. The predicted molar refractivity (Wildman–Crippen MR) is 60.9 cm³/mol. The number of hydrogen-bond acceptors (Lipinski definition) is 4. The third-order valence-corrected chi connectivity index (χ3v) is 2.27. The Labute approximate surface area is 98.5 Å². The van der Waals surface area contributed by atoms with Gasteiger partial charge in [-0.2, -0.15) is 5.26 Å². The van der Waals surface area contributed by atoms with E-state index in [1.165, 1.54) is 0 Å². The number of pyridine rings is 1. The fourth-order valence-corrected chi connectivity index (χ4v) is 1.39. The Kier molecular flexibility index (Phi) is 3.97. The second kappa shape index (κ2) is 5.06. The number of nitrogens with zero attached hydrogens (tertiary/aromatic N) is 2. The van der Waals surface area contributed by atoms with Gasteiger partial charge >= 0.3 is 0 Å². The first kappa shape index (κ1) is 13.3. The van der Waals surface area contributed by atoms with Crippen LogP contribution in [-0.2, 0) is 0 Å². The van der Waals surface area contributed by atoms with E-state index in [9.17, 15) is 8.78 Å². The monoisotopic (exact) mass is 240 g/mol. The molecule has 1 rings (SSSR count). The van der Waals surface area contributed by atoms with Crippen LogP contribution in [0.1, 0.15) is 16.8 Å². The van der Waals surface area contributed by atoms with Crippen molar-refractivity contribution in [1.82, 2.24) is 4.98 Å². The van der Waals surface area contributed by atoms with Crippen molar-refractivity contribution in [3.05, 3.63) is 22.9 Å². The highest BCUT2D eigenvalue weighted by atomic mass is 19.3. The molecule has 3 N–H and O–H groups in total. The summed E-state index contributed by atoms with van der Waals surface area (Å²) >= 11 is 0. The van der Waals surface area contributed by atoms with Gasteiger partial charge in [0.2, 0.25) is 0 Å². The molecule has 0 aromatic carbocycles. The van der Waals surface area contributed by atoms with Gasteiger partial charge in [0.05, 0.1) is 18.7 Å². The molecule has 0 saturated heterocycles. The van der Waals surface area contributed by atoms with Crippen LogP contribution in [0.25, 0.3) is 0 Å². The highest BCUT2D eigenvalue weighted by Crippen LogP contribution is 2.19. The fraction of sp³-hybridized carbons (Fsp3) is 0.455. The minimum atomic E-state index is -3.01. The second-order valence-corrected chi connectivity index (χ2v) is 3.83. The lowest BCUT2D eigenvalue weighted by Crippen LogP contribution is -2.35. The van der Waals surface area contributed by atoms with Crippen molar-refractivity contribution in [2.24, 2.45) is 5.73 Å².